The van der Waals surface area contributed by atoms with Crippen molar-refractivity contribution in [2.45, 2.75) is 0 Å². The molecule has 0 unspecified atom stereocenters. The highest BCUT2D eigenvalue weighted by atomic mass is 32.1. The molecule has 3 heterocycles. The van der Waals surface area contributed by atoms with Gasteiger partial charge in [0.2, 0.25) is 0 Å². The van der Waals surface area contributed by atoms with E-state index in [-0.39, 0.29) is 0 Å². The van der Waals surface area contributed by atoms with Gasteiger partial charge >= 0.3 is 0 Å². The number of aromatic nitrogens is 3. The van der Waals surface area contributed by atoms with Gasteiger partial charge in [0.15, 0.2) is 17.5 Å². The molecular weight excluding hydrogens is 703 g/mol. The lowest BCUT2D eigenvalue weighted by molar-refractivity contribution is 0.669. The third kappa shape index (κ3) is 5.56. The second kappa shape index (κ2) is 13.3. The van der Waals surface area contributed by atoms with Crippen LogP contribution in [-0.4, -0.2) is 15.0 Å². The number of furan rings is 1. The standard InChI is InChI=1S/C51H31N3OS/c1-4-13-32(14-5-1)36-26-28-46-42(30-36)41-23-11-22-40(48(41)56-46)39-21-12-24-45-47(39)43-31-37(25-27-44(43)55-45)35-19-10-20-38(29-35)51-53-49(33-15-6-2-7-16-33)52-50(54-51)34-17-8-3-9-18-34/h1-31H. The molecule has 56 heavy (non-hydrogen) atoms. The van der Waals surface area contributed by atoms with Crippen molar-refractivity contribution >= 4 is 53.4 Å². The topological polar surface area (TPSA) is 51.8 Å². The third-order valence-electron chi connectivity index (χ3n) is 10.5. The Hall–Kier alpha value is -7.21. The van der Waals surface area contributed by atoms with Gasteiger partial charge in [-0.1, -0.05) is 152 Å². The minimum absolute atomic E-state index is 0.629. The van der Waals surface area contributed by atoms with Gasteiger partial charge in [0.25, 0.3) is 0 Å². The lowest BCUT2D eigenvalue weighted by Gasteiger charge is -2.10. The molecule has 0 saturated carbocycles. The van der Waals surface area contributed by atoms with Gasteiger partial charge in [-0.15, -0.1) is 11.3 Å². The van der Waals surface area contributed by atoms with Gasteiger partial charge in [-0.05, 0) is 64.2 Å². The molecule has 8 aromatic carbocycles. The molecule has 5 heteroatoms. The van der Waals surface area contributed by atoms with Crippen LogP contribution in [-0.2, 0) is 0 Å². The van der Waals surface area contributed by atoms with Gasteiger partial charge in [-0.25, -0.2) is 15.0 Å². The first kappa shape index (κ1) is 32.2. The van der Waals surface area contributed by atoms with Gasteiger partial charge in [0.1, 0.15) is 11.2 Å². The number of fused-ring (bicyclic) bond motifs is 6. The molecule has 262 valence electrons. The summed E-state index contributed by atoms with van der Waals surface area (Å²) < 4.78 is 9.08. The first-order valence-electron chi connectivity index (χ1n) is 18.7. The largest absolute Gasteiger partial charge is 0.456 e. The maximum Gasteiger partial charge on any atom is 0.164 e. The summed E-state index contributed by atoms with van der Waals surface area (Å²) in [7, 11) is 0. The zero-order chi connectivity index (χ0) is 37.0. The van der Waals surface area contributed by atoms with E-state index in [1.807, 2.05) is 72.0 Å². The maximum atomic E-state index is 6.52. The van der Waals surface area contributed by atoms with E-state index in [9.17, 15) is 0 Å². The Morgan fingerprint density at radius 3 is 1.61 bits per heavy atom. The van der Waals surface area contributed by atoms with E-state index in [0.29, 0.717) is 17.5 Å². The fourth-order valence-corrected chi connectivity index (χ4v) is 9.04. The summed E-state index contributed by atoms with van der Waals surface area (Å²) in [5.41, 5.74) is 11.5. The lowest BCUT2D eigenvalue weighted by Crippen LogP contribution is -2.00. The number of benzene rings is 8. The smallest absolute Gasteiger partial charge is 0.164 e. The molecule has 0 aliphatic heterocycles. The van der Waals surface area contributed by atoms with Crippen molar-refractivity contribution in [3.63, 3.8) is 0 Å². The Morgan fingerprint density at radius 2 is 0.875 bits per heavy atom. The quantitative estimate of drug-likeness (QED) is 0.171. The van der Waals surface area contributed by atoms with E-state index in [1.54, 1.807) is 0 Å². The van der Waals surface area contributed by atoms with Crippen LogP contribution in [0, 0.1) is 0 Å². The molecule has 0 aliphatic rings. The monoisotopic (exact) mass is 733 g/mol. The van der Waals surface area contributed by atoms with Crippen molar-refractivity contribution < 1.29 is 4.42 Å². The van der Waals surface area contributed by atoms with Crippen LogP contribution >= 0.6 is 11.3 Å². The first-order chi connectivity index (χ1) is 27.7. The fourth-order valence-electron chi connectivity index (χ4n) is 7.83. The Labute approximate surface area is 327 Å². The molecule has 11 aromatic rings. The molecule has 0 N–H and O–H groups in total. The minimum atomic E-state index is 0.629. The van der Waals surface area contributed by atoms with Crippen LogP contribution < -0.4 is 0 Å². The second-order valence-electron chi connectivity index (χ2n) is 14.0. The summed E-state index contributed by atoms with van der Waals surface area (Å²) in [6, 6.07) is 65.7. The van der Waals surface area contributed by atoms with E-state index in [0.717, 1.165) is 49.8 Å². The van der Waals surface area contributed by atoms with Crippen molar-refractivity contribution in [3.05, 3.63) is 188 Å². The number of thiophene rings is 1. The average Bonchev–Trinajstić information content (AvgIpc) is 3.85. The summed E-state index contributed by atoms with van der Waals surface area (Å²) >= 11 is 1.86. The number of hydrogen-bond donors (Lipinski definition) is 0. The third-order valence-corrected chi connectivity index (χ3v) is 11.8. The Kier molecular flexibility index (Phi) is 7.64. The summed E-state index contributed by atoms with van der Waals surface area (Å²) in [5, 5.41) is 4.75. The summed E-state index contributed by atoms with van der Waals surface area (Å²) in [6.45, 7) is 0. The zero-order valence-corrected chi connectivity index (χ0v) is 30.9. The Morgan fingerprint density at radius 1 is 0.339 bits per heavy atom. The predicted octanol–water partition coefficient (Wildman–Crippen LogP) is 14.1. The average molecular weight is 734 g/mol. The van der Waals surface area contributed by atoms with Crippen LogP contribution in [0.15, 0.2) is 192 Å². The van der Waals surface area contributed by atoms with Gasteiger partial charge in [-0.2, -0.15) is 0 Å². The van der Waals surface area contributed by atoms with Crippen molar-refractivity contribution in [1.29, 1.82) is 0 Å². The molecule has 0 spiro atoms. The van der Waals surface area contributed by atoms with E-state index >= 15 is 0 Å². The molecule has 11 rings (SSSR count). The van der Waals surface area contributed by atoms with Crippen LogP contribution in [0.25, 0.3) is 110 Å². The molecule has 0 aliphatic carbocycles. The molecule has 0 amide bonds. The highest BCUT2D eigenvalue weighted by Crippen LogP contribution is 2.45. The van der Waals surface area contributed by atoms with Crippen LogP contribution in [0.5, 0.6) is 0 Å². The van der Waals surface area contributed by atoms with Crippen LogP contribution in [0.3, 0.4) is 0 Å². The SMILES string of the molecule is c1ccc(-c2ccc3sc4c(-c5cccc6oc7ccc(-c8cccc(-c9nc(-c%10ccccc%10)nc(-c%10ccccc%10)n9)c8)cc7c56)cccc4c3c2)cc1. The van der Waals surface area contributed by atoms with E-state index < -0.39 is 0 Å². The zero-order valence-electron chi connectivity index (χ0n) is 30.1. The summed E-state index contributed by atoms with van der Waals surface area (Å²) in [5.74, 6) is 1.91. The maximum absolute atomic E-state index is 6.52. The molecule has 0 atom stereocenters. The molecule has 4 nitrogen and oxygen atoms in total. The second-order valence-corrected chi connectivity index (χ2v) is 15.0. The van der Waals surface area contributed by atoms with Crippen molar-refractivity contribution in [3.8, 4) is 67.5 Å². The van der Waals surface area contributed by atoms with Crippen LogP contribution in [0.2, 0.25) is 0 Å². The molecule has 0 fully saturated rings. The van der Waals surface area contributed by atoms with Gasteiger partial charge in [0, 0.05) is 53.2 Å². The fraction of sp³-hybridized carbons (Fsp3) is 0. The molecular formula is C51H31N3OS. The van der Waals surface area contributed by atoms with Gasteiger partial charge < -0.3 is 4.42 Å². The van der Waals surface area contributed by atoms with Crippen LogP contribution in [0.1, 0.15) is 0 Å². The van der Waals surface area contributed by atoms with E-state index in [2.05, 4.69) is 127 Å². The molecule has 0 radical (unpaired) electrons. The minimum Gasteiger partial charge on any atom is -0.456 e. The molecule has 0 saturated heterocycles. The van der Waals surface area contributed by atoms with E-state index in [1.165, 1.54) is 42.4 Å². The molecule has 3 aromatic heterocycles. The predicted molar refractivity (Wildman–Crippen MR) is 233 cm³/mol. The Balaban J connectivity index is 1.03. The van der Waals surface area contributed by atoms with Crippen molar-refractivity contribution in [2.75, 3.05) is 0 Å². The summed E-state index contributed by atoms with van der Waals surface area (Å²) in [6.07, 6.45) is 0. The summed E-state index contributed by atoms with van der Waals surface area (Å²) in [4.78, 5) is 14.9. The molecule has 0 bridgehead atoms. The highest BCUT2D eigenvalue weighted by Gasteiger charge is 2.18. The number of nitrogens with zero attached hydrogens (tertiary/aromatic N) is 3. The van der Waals surface area contributed by atoms with E-state index in [4.69, 9.17) is 19.4 Å². The highest BCUT2D eigenvalue weighted by molar-refractivity contribution is 7.26. The van der Waals surface area contributed by atoms with Crippen molar-refractivity contribution in [1.82, 2.24) is 15.0 Å². The van der Waals surface area contributed by atoms with Crippen LogP contribution in [0.4, 0.5) is 0 Å². The van der Waals surface area contributed by atoms with Crippen molar-refractivity contribution in [2.24, 2.45) is 0 Å². The van der Waals surface area contributed by atoms with Gasteiger partial charge in [-0.3, -0.25) is 0 Å². The van der Waals surface area contributed by atoms with Gasteiger partial charge in [0.05, 0.1) is 0 Å². The number of rotatable bonds is 6. The first-order valence-corrected chi connectivity index (χ1v) is 19.5. The normalized spacial score (nSPS) is 11.6. The number of hydrogen-bond acceptors (Lipinski definition) is 5. The lowest BCUT2D eigenvalue weighted by atomic mass is 9.95. The Bertz CT molecular complexity index is 3180.